The molecule has 10 heavy (non-hydrogen) atoms. The lowest BCUT2D eigenvalue weighted by Gasteiger charge is -1.97. The number of hydrogen-bond donors (Lipinski definition) is 0. The zero-order valence-corrected chi connectivity index (χ0v) is 5.44. The third-order valence-electron chi connectivity index (χ3n) is 1.19. The molecule has 4 nitrogen and oxygen atoms in total. The zero-order valence-electron chi connectivity index (χ0n) is 5.44. The number of aromatic nitrogens is 2. The highest BCUT2D eigenvalue weighted by atomic mass is 16.2. The Kier molecular flexibility index (Phi) is 1.49. The Morgan fingerprint density at radius 3 is 2.60 bits per heavy atom. The van der Waals surface area contributed by atoms with E-state index in [-0.39, 0.29) is 0 Å². The van der Waals surface area contributed by atoms with Crippen molar-refractivity contribution >= 4 is 7.98 Å². The van der Waals surface area contributed by atoms with E-state index in [0.717, 1.165) is 0 Å². The van der Waals surface area contributed by atoms with Gasteiger partial charge in [0.1, 0.15) is 0 Å². The third kappa shape index (κ3) is 0.898. The molecule has 0 atom stereocenters. The molecule has 50 valence electrons. The third-order valence-corrected chi connectivity index (χ3v) is 1.19. The van der Waals surface area contributed by atoms with Crippen LogP contribution in [0.2, 0.25) is 0 Å². The van der Waals surface area contributed by atoms with Gasteiger partial charge in [-0.1, -0.05) is 0 Å². The molecule has 0 bridgehead atoms. The van der Waals surface area contributed by atoms with Crippen molar-refractivity contribution in [1.82, 2.24) is 9.05 Å². The van der Waals surface area contributed by atoms with E-state index >= 15 is 0 Å². The van der Waals surface area contributed by atoms with Gasteiger partial charge < -0.3 is 9.05 Å². The van der Waals surface area contributed by atoms with Crippen LogP contribution in [0, 0.1) is 0 Å². The molecule has 1 aromatic rings. The first kappa shape index (κ1) is 6.86. The topological polar surface area (TPSA) is 44.0 Å². The Hall–Kier alpha value is -1.26. The molecule has 1 rings (SSSR count). The zero-order chi connectivity index (χ0) is 7.72. The summed E-state index contributed by atoms with van der Waals surface area (Å²) in [6.07, 6.45) is 1.37. The minimum atomic E-state index is -0.521. The lowest BCUT2D eigenvalue weighted by Crippen LogP contribution is -2.36. The van der Waals surface area contributed by atoms with Gasteiger partial charge in [0.25, 0.3) is 0 Å². The van der Waals surface area contributed by atoms with E-state index in [1.165, 1.54) is 23.9 Å². The molecule has 0 aliphatic carbocycles. The minimum Gasteiger partial charge on any atom is -0.319 e. The van der Waals surface area contributed by atoms with Gasteiger partial charge in [-0.05, 0) is 0 Å². The molecule has 0 aliphatic rings. The van der Waals surface area contributed by atoms with Gasteiger partial charge >= 0.3 is 5.69 Å². The van der Waals surface area contributed by atoms with Crippen molar-refractivity contribution in [1.29, 1.82) is 0 Å². The molecule has 0 aromatic carbocycles. The van der Waals surface area contributed by atoms with Gasteiger partial charge in [-0.2, -0.15) is 0 Å². The number of nitrogens with zero attached hydrogens (tertiary/aromatic N) is 2. The molecule has 0 saturated heterocycles. The van der Waals surface area contributed by atoms with E-state index in [1.54, 1.807) is 0 Å². The van der Waals surface area contributed by atoms with Crippen LogP contribution >= 0.6 is 0 Å². The van der Waals surface area contributed by atoms with Crippen LogP contribution in [0.5, 0.6) is 0 Å². The lowest BCUT2D eigenvalue weighted by molar-refractivity contribution is 0.773. The molecule has 0 unspecified atom stereocenters. The second-order valence-electron chi connectivity index (χ2n) is 1.92. The van der Waals surface area contributed by atoms with Crippen molar-refractivity contribution in [2.45, 2.75) is 0 Å². The summed E-state index contributed by atoms with van der Waals surface area (Å²) in [7, 11) is 6.57. The first-order valence-electron chi connectivity index (χ1n) is 2.66. The van der Waals surface area contributed by atoms with Gasteiger partial charge in [-0.15, -0.1) is 0 Å². The number of hydrogen-bond acceptors (Lipinski definition) is 2. The average Bonchev–Trinajstić information content (AvgIpc) is 1.93. The second kappa shape index (κ2) is 2.17. The smallest absolute Gasteiger partial charge is 0.317 e. The van der Waals surface area contributed by atoms with Gasteiger partial charge in [0.15, 0.2) is 0 Å². The normalized spacial score (nSPS) is 9.70. The highest BCUT2D eigenvalue weighted by Gasteiger charge is 1.93. The molecule has 1 aromatic heterocycles. The van der Waals surface area contributed by atoms with E-state index in [0.29, 0.717) is 4.48 Å². The fourth-order valence-electron chi connectivity index (χ4n) is 0.584. The molecular formula is C5H5BN2O2. The van der Waals surface area contributed by atoms with Crippen LogP contribution in [0.25, 0.3) is 0 Å². The molecule has 0 amide bonds. The van der Waals surface area contributed by atoms with E-state index in [2.05, 4.69) is 0 Å². The molecular weight excluding hydrogens is 131 g/mol. The van der Waals surface area contributed by atoms with Crippen molar-refractivity contribution in [3.05, 3.63) is 33.1 Å². The first-order chi connectivity index (χ1) is 4.63. The van der Waals surface area contributed by atoms with E-state index in [4.69, 9.17) is 7.98 Å². The van der Waals surface area contributed by atoms with Crippen molar-refractivity contribution in [2.24, 2.45) is 7.05 Å². The van der Waals surface area contributed by atoms with Crippen molar-refractivity contribution in [3.63, 3.8) is 0 Å². The fourth-order valence-corrected chi connectivity index (χ4v) is 0.584. The molecule has 0 aliphatic heterocycles. The maximum atomic E-state index is 10.8. The Morgan fingerprint density at radius 2 is 2.10 bits per heavy atom. The molecule has 0 N–H and O–H groups in total. The summed E-state index contributed by atoms with van der Waals surface area (Å²) in [5.41, 5.74) is -1.02. The quantitative estimate of drug-likeness (QED) is 0.406. The van der Waals surface area contributed by atoms with Crippen LogP contribution in [0.1, 0.15) is 0 Å². The molecule has 0 fully saturated rings. The van der Waals surface area contributed by atoms with Crippen molar-refractivity contribution in [2.75, 3.05) is 0 Å². The molecule has 1 heterocycles. The van der Waals surface area contributed by atoms with Gasteiger partial charge in [0.05, 0.1) is 0 Å². The Morgan fingerprint density at radius 1 is 1.50 bits per heavy atom. The van der Waals surface area contributed by atoms with Gasteiger partial charge in [-0.25, -0.2) is 4.79 Å². The SMILES string of the molecule is [B]n1c(=O)ccn(C)c1=O. The first-order valence-corrected chi connectivity index (χ1v) is 2.66. The monoisotopic (exact) mass is 136 g/mol. The Bertz CT molecular complexity index is 351. The summed E-state index contributed by atoms with van der Waals surface area (Å²) in [5, 5.41) is 0. The highest BCUT2D eigenvalue weighted by Crippen LogP contribution is 1.65. The van der Waals surface area contributed by atoms with Crippen molar-refractivity contribution in [3.8, 4) is 0 Å². The maximum Gasteiger partial charge on any atom is 0.317 e. The molecule has 0 spiro atoms. The lowest BCUT2D eigenvalue weighted by atomic mass is 10.4. The predicted molar refractivity (Wildman–Crippen MR) is 37.1 cm³/mol. The molecule has 2 radical (unpaired) electrons. The molecule has 5 heteroatoms. The van der Waals surface area contributed by atoms with Gasteiger partial charge in [0, 0.05) is 19.3 Å². The van der Waals surface area contributed by atoms with E-state index in [1.807, 2.05) is 0 Å². The number of rotatable bonds is 0. The van der Waals surface area contributed by atoms with Crippen molar-refractivity contribution < 1.29 is 0 Å². The summed E-state index contributed by atoms with van der Waals surface area (Å²) < 4.78 is 1.78. The van der Waals surface area contributed by atoms with Crippen LogP contribution in [-0.4, -0.2) is 17.0 Å². The fraction of sp³-hybridized carbons (Fsp3) is 0.200. The summed E-state index contributed by atoms with van der Waals surface area (Å²) in [4.78, 5) is 21.4. The maximum absolute atomic E-state index is 10.8. The van der Waals surface area contributed by atoms with Crippen LogP contribution in [-0.2, 0) is 7.05 Å². The standard InChI is InChI=1S/C5H5BN2O2/c1-7-3-2-4(9)8(6)5(7)10/h2-3H,1H3. The predicted octanol–water partition coefficient (Wildman–Crippen LogP) is -1.52. The van der Waals surface area contributed by atoms with E-state index in [9.17, 15) is 9.59 Å². The van der Waals surface area contributed by atoms with Gasteiger partial charge in [-0.3, -0.25) is 4.79 Å². The van der Waals surface area contributed by atoms with E-state index < -0.39 is 11.2 Å². The summed E-state index contributed by atoms with van der Waals surface area (Å²) >= 11 is 0. The summed E-state index contributed by atoms with van der Waals surface area (Å²) in [6.45, 7) is 0. The second-order valence-corrected chi connectivity index (χ2v) is 1.92. The minimum absolute atomic E-state index is 0.497. The largest absolute Gasteiger partial charge is 0.319 e. The molecule has 0 saturated carbocycles. The van der Waals surface area contributed by atoms with Gasteiger partial charge in [0.2, 0.25) is 13.5 Å². The van der Waals surface area contributed by atoms with Crippen LogP contribution in [0.3, 0.4) is 0 Å². The summed E-state index contributed by atoms with van der Waals surface area (Å²) in [5.74, 6) is 0. The Labute approximate surface area is 58.2 Å². The average molecular weight is 136 g/mol. The highest BCUT2D eigenvalue weighted by molar-refractivity contribution is 6.06. The van der Waals surface area contributed by atoms with Crippen LogP contribution in [0.4, 0.5) is 0 Å². The summed E-state index contributed by atoms with van der Waals surface area (Å²) in [6, 6.07) is 1.22. The van der Waals surface area contributed by atoms with Crippen LogP contribution < -0.4 is 11.2 Å². The van der Waals surface area contributed by atoms with Crippen LogP contribution in [0.15, 0.2) is 21.9 Å². The Balaban J connectivity index is 3.66. The number of aryl methyl sites for hydroxylation is 1.